The van der Waals surface area contributed by atoms with Crippen LogP contribution in [0.25, 0.3) is 0 Å². The molecule has 0 aliphatic carbocycles. The van der Waals surface area contributed by atoms with Gasteiger partial charge in [-0.2, -0.15) is 0 Å². The van der Waals surface area contributed by atoms with Crippen molar-refractivity contribution in [2.45, 2.75) is 58.6 Å². The molecule has 0 saturated carbocycles. The molecule has 2 aliphatic heterocycles. The lowest BCUT2D eigenvalue weighted by molar-refractivity contribution is -0.145. The molecule has 2 fully saturated rings. The van der Waals surface area contributed by atoms with Gasteiger partial charge in [0.25, 0.3) is 0 Å². The van der Waals surface area contributed by atoms with E-state index >= 15 is 0 Å². The Morgan fingerprint density at radius 2 is 1.92 bits per heavy atom. The Hall–Kier alpha value is -1.63. The fourth-order valence-corrected chi connectivity index (χ4v) is 4.02. The fourth-order valence-electron chi connectivity index (χ4n) is 4.02. The number of amides is 2. The van der Waals surface area contributed by atoms with Crippen molar-refractivity contribution >= 4 is 17.8 Å². The van der Waals surface area contributed by atoms with Gasteiger partial charge in [-0.3, -0.25) is 14.4 Å². The molecule has 0 spiro atoms. The lowest BCUT2D eigenvalue weighted by Crippen LogP contribution is -2.44. The van der Waals surface area contributed by atoms with Gasteiger partial charge in [0.1, 0.15) is 6.54 Å². The number of carboxylic acids is 1. The van der Waals surface area contributed by atoms with E-state index in [4.69, 9.17) is 9.84 Å². The number of carbonyl (C=O) groups excluding carboxylic acids is 2. The maximum absolute atomic E-state index is 12.9. The maximum Gasteiger partial charge on any atom is 0.323 e. The molecule has 142 valence electrons. The molecule has 2 rings (SSSR count). The zero-order valence-corrected chi connectivity index (χ0v) is 15.4. The van der Waals surface area contributed by atoms with Gasteiger partial charge >= 0.3 is 5.97 Å². The Morgan fingerprint density at radius 1 is 1.20 bits per heavy atom. The quantitative estimate of drug-likeness (QED) is 0.805. The number of nitrogens with zero attached hydrogens (tertiary/aromatic N) is 2. The second kappa shape index (κ2) is 8.65. The summed E-state index contributed by atoms with van der Waals surface area (Å²) < 4.78 is 5.74. The average Bonchev–Trinajstić information content (AvgIpc) is 2.90. The van der Waals surface area contributed by atoms with Gasteiger partial charge in [-0.1, -0.05) is 13.8 Å². The van der Waals surface area contributed by atoms with Crippen molar-refractivity contribution in [1.82, 2.24) is 9.80 Å². The Labute approximate surface area is 149 Å². The van der Waals surface area contributed by atoms with Gasteiger partial charge in [-0.05, 0) is 31.6 Å². The first-order valence-electron chi connectivity index (χ1n) is 9.20. The van der Waals surface area contributed by atoms with Crippen LogP contribution in [0.1, 0.15) is 46.5 Å². The number of likely N-dealkylation sites (tertiary alicyclic amines) is 1. The molecule has 0 bridgehead atoms. The Morgan fingerprint density at radius 3 is 2.52 bits per heavy atom. The second-order valence-electron chi connectivity index (χ2n) is 7.43. The molecule has 7 heteroatoms. The highest BCUT2D eigenvalue weighted by Crippen LogP contribution is 2.29. The lowest BCUT2D eigenvalue weighted by Gasteiger charge is -2.30. The zero-order valence-electron chi connectivity index (χ0n) is 15.4. The van der Waals surface area contributed by atoms with Crippen LogP contribution in [-0.2, 0) is 19.1 Å². The van der Waals surface area contributed by atoms with Crippen LogP contribution in [0.4, 0.5) is 0 Å². The van der Waals surface area contributed by atoms with E-state index in [0.717, 1.165) is 19.3 Å². The first-order valence-corrected chi connectivity index (χ1v) is 9.20. The van der Waals surface area contributed by atoms with Gasteiger partial charge in [-0.15, -0.1) is 0 Å². The summed E-state index contributed by atoms with van der Waals surface area (Å²) in [6, 6.07) is -0.118. The van der Waals surface area contributed by atoms with E-state index in [1.165, 1.54) is 11.8 Å². The summed E-state index contributed by atoms with van der Waals surface area (Å²) in [6.07, 6.45) is 2.87. The van der Waals surface area contributed by atoms with E-state index in [1.807, 2.05) is 4.90 Å². The van der Waals surface area contributed by atoms with Crippen LogP contribution in [0.5, 0.6) is 0 Å². The molecule has 0 aromatic carbocycles. The van der Waals surface area contributed by atoms with E-state index in [0.29, 0.717) is 32.0 Å². The topological polar surface area (TPSA) is 87.2 Å². The summed E-state index contributed by atoms with van der Waals surface area (Å²) >= 11 is 0. The van der Waals surface area contributed by atoms with Crippen LogP contribution in [-0.4, -0.2) is 71.1 Å². The summed E-state index contributed by atoms with van der Waals surface area (Å²) in [5.41, 5.74) is 0. The minimum absolute atomic E-state index is 0.0210. The number of hydrogen-bond acceptors (Lipinski definition) is 4. The summed E-state index contributed by atoms with van der Waals surface area (Å²) in [5, 5.41) is 9.03. The molecule has 2 aliphatic rings. The van der Waals surface area contributed by atoms with Crippen LogP contribution in [0.3, 0.4) is 0 Å². The van der Waals surface area contributed by atoms with E-state index in [9.17, 15) is 14.4 Å². The Balaban J connectivity index is 1.99. The molecule has 2 saturated heterocycles. The van der Waals surface area contributed by atoms with Crippen molar-refractivity contribution in [2.75, 3.05) is 26.2 Å². The minimum Gasteiger partial charge on any atom is -0.480 e. The van der Waals surface area contributed by atoms with E-state index in [-0.39, 0.29) is 36.4 Å². The van der Waals surface area contributed by atoms with E-state index < -0.39 is 5.97 Å². The number of ether oxygens (including phenoxy) is 1. The monoisotopic (exact) mass is 354 g/mol. The Kier molecular flexibility index (Phi) is 6.81. The fraction of sp³-hybridized carbons (Fsp3) is 0.833. The van der Waals surface area contributed by atoms with Crippen molar-refractivity contribution in [3.05, 3.63) is 0 Å². The van der Waals surface area contributed by atoms with Crippen LogP contribution in [0.2, 0.25) is 0 Å². The minimum atomic E-state index is -1.00. The molecule has 3 atom stereocenters. The summed E-state index contributed by atoms with van der Waals surface area (Å²) in [7, 11) is 0. The summed E-state index contributed by atoms with van der Waals surface area (Å²) in [5.74, 6) is -0.865. The molecule has 0 aromatic heterocycles. The first kappa shape index (κ1) is 19.7. The lowest BCUT2D eigenvalue weighted by atomic mass is 9.91. The van der Waals surface area contributed by atoms with E-state index in [1.54, 1.807) is 0 Å². The highest BCUT2D eigenvalue weighted by atomic mass is 16.5. The predicted octanol–water partition coefficient (Wildman–Crippen LogP) is 1.36. The van der Waals surface area contributed by atoms with Crippen LogP contribution < -0.4 is 0 Å². The smallest absolute Gasteiger partial charge is 0.323 e. The Bertz CT molecular complexity index is 508. The molecule has 1 N–H and O–H groups in total. The third-order valence-electron chi connectivity index (χ3n) is 5.27. The molecule has 0 radical (unpaired) electrons. The van der Waals surface area contributed by atoms with Gasteiger partial charge in [0.05, 0.1) is 12.0 Å². The largest absolute Gasteiger partial charge is 0.480 e. The molecule has 3 unspecified atom stereocenters. The molecule has 7 nitrogen and oxygen atoms in total. The second-order valence-corrected chi connectivity index (χ2v) is 7.43. The predicted molar refractivity (Wildman–Crippen MR) is 91.9 cm³/mol. The van der Waals surface area contributed by atoms with Gasteiger partial charge in [-0.25, -0.2) is 0 Å². The van der Waals surface area contributed by atoms with Crippen molar-refractivity contribution in [1.29, 1.82) is 0 Å². The third-order valence-corrected chi connectivity index (χ3v) is 5.27. The third kappa shape index (κ3) is 4.93. The number of hydrogen-bond donors (Lipinski definition) is 1. The first-order chi connectivity index (χ1) is 11.8. The average molecular weight is 354 g/mol. The number of rotatable bonds is 5. The van der Waals surface area contributed by atoms with Crippen molar-refractivity contribution in [2.24, 2.45) is 11.8 Å². The standard InChI is InChI=1S/C18H30N2O5/c1-12(2)17-15(7-10-25-17)18(24)19-8-4-5-14(6-9-19)20(13(3)21)11-16(22)23/h12,14-15,17H,4-11H2,1-3H3,(H,22,23). The van der Waals surface area contributed by atoms with Gasteiger partial charge < -0.3 is 19.6 Å². The zero-order chi connectivity index (χ0) is 18.6. The number of carbonyl (C=O) groups is 3. The molecular weight excluding hydrogens is 324 g/mol. The summed E-state index contributed by atoms with van der Waals surface area (Å²) in [4.78, 5) is 39.0. The highest BCUT2D eigenvalue weighted by molar-refractivity contribution is 5.80. The van der Waals surface area contributed by atoms with Gasteiger partial charge in [0.15, 0.2) is 0 Å². The van der Waals surface area contributed by atoms with Crippen LogP contribution in [0, 0.1) is 11.8 Å². The number of carboxylic acid groups (broad SMARTS) is 1. The highest BCUT2D eigenvalue weighted by Gasteiger charge is 2.39. The SMILES string of the molecule is CC(=O)N(CC(=O)O)C1CCCN(C(=O)C2CCOC2C(C)C)CC1. The van der Waals surface area contributed by atoms with E-state index in [2.05, 4.69) is 13.8 Å². The van der Waals surface area contributed by atoms with Crippen molar-refractivity contribution in [3.8, 4) is 0 Å². The van der Waals surface area contributed by atoms with Gasteiger partial charge in [0, 0.05) is 32.7 Å². The molecule has 2 heterocycles. The number of aliphatic carboxylic acids is 1. The molecular formula is C18H30N2O5. The van der Waals surface area contributed by atoms with Crippen molar-refractivity contribution < 1.29 is 24.2 Å². The van der Waals surface area contributed by atoms with Crippen LogP contribution >= 0.6 is 0 Å². The molecule has 2 amide bonds. The van der Waals surface area contributed by atoms with Gasteiger partial charge in [0.2, 0.25) is 11.8 Å². The molecule has 25 heavy (non-hydrogen) atoms. The normalized spacial score (nSPS) is 27.2. The van der Waals surface area contributed by atoms with Crippen LogP contribution in [0.15, 0.2) is 0 Å². The van der Waals surface area contributed by atoms with Crippen molar-refractivity contribution in [3.63, 3.8) is 0 Å². The maximum atomic E-state index is 12.9. The molecule has 0 aromatic rings. The summed E-state index contributed by atoms with van der Waals surface area (Å²) in [6.45, 7) is 7.13.